The molecule has 0 saturated carbocycles. The van der Waals surface area contributed by atoms with Gasteiger partial charge in [0.15, 0.2) is 0 Å². The highest BCUT2D eigenvalue weighted by molar-refractivity contribution is 5.92. The molecule has 1 heterocycles. The molecular weight excluding hydrogens is 290 g/mol. The minimum atomic E-state index is -0.182. The van der Waals surface area contributed by atoms with Gasteiger partial charge in [0.2, 0.25) is 5.88 Å². The first-order valence-corrected chi connectivity index (χ1v) is 7.73. The Bertz CT molecular complexity index is 617. The van der Waals surface area contributed by atoms with Crippen molar-refractivity contribution in [2.75, 3.05) is 20.7 Å². The van der Waals surface area contributed by atoms with Gasteiger partial charge in [-0.3, -0.25) is 4.79 Å². The zero-order valence-electron chi connectivity index (χ0n) is 13.6. The smallest absolute Gasteiger partial charge is 0.270 e. The number of hydrogen-bond acceptors (Lipinski definition) is 4. The van der Waals surface area contributed by atoms with Crippen LogP contribution in [0.25, 0.3) is 0 Å². The van der Waals surface area contributed by atoms with Gasteiger partial charge >= 0.3 is 0 Å². The minimum Gasteiger partial charge on any atom is -0.481 e. The monoisotopic (exact) mass is 313 g/mol. The van der Waals surface area contributed by atoms with Crippen molar-refractivity contribution in [3.05, 3.63) is 59.8 Å². The van der Waals surface area contributed by atoms with Crippen LogP contribution in [0.2, 0.25) is 0 Å². The normalized spacial score (nSPS) is 11.7. The number of benzene rings is 1. The number of pyridine rings is 1. The van der Waals surface area contributed by atoms with E-state index < -0.39 is 0 Å². The lowest BCUT2D eigenvalue weighted by molar-refractivity contribution is 0.0946. The maximum atomic E-state index is 12.1. The van der Waals surface area contributed by atoms with E-state index in [0.717, 1.165) is 12.8 Å². The van der Waals surface area contributed by atoms with Crippen molar-refractivity contribution in [3.8, 4) is 5.88 Å². The number of amides is 1. The molecule has 1 atom stereocenters. The van der Waals surface area contributed by atoms with Crippen molar-refractivity contribution >= 4 is 5.91 Å². The molecule has 2 aromatic rings. The van der Waals surface area contributed by atoms with E-state index in [1.54, 1.807) is 18.2 Å². The van der Waals surface area contributed by atoms with E-state index in [2.05, 4.69) is 27.8 Å². The molecule has 1 aromatic heterocycles. The lowest BCUT2D eigenvalue weighted by Crippen LogP contribution is -2.34. The summed E-state index contributed by atoms with van der Waals surface area (Å²) in [5.41, 5.74) is 1.65. The molecule has 1 amide bonds. The number of rotatable bonds is 8. The Morgan fingerprint density at radius 1 is 1.17 bits per heavy atom. The Balaban J connectivity index is 1.81. The molecule has 1 aromatic carbocycles. The number of carbonyl (C=O) groups excluding carboxylic acids is 1. The Labute approximate surface area is 137 Å². The predicted molar refractivity (Wildman–Crippen MR) is 90.7 cm³/mol. The van der Waals surface area contributed by atoms with Crippen LogP contribution in [0.4, 0.5) is 0 Å². The molecule has 0 aliphatic carbocycles. The lowest BCUT2D eigenvalue weighted by Gasteiger charge is -2.16. The van der Waals surface area contributed by atoms with Crippen LogP contribution in [-0.2, 0) is 6.42 Å². The maximum Gasteiger partial charge on any atom is 0.270 e. The number of methoxy groups -OCH3 is 1. The van der Waals surface area contributed by atoms with Crippen LogP contribution in [0.5, 0.6) is 5.88 Å². The van der Waals surface area contributed by atoms with Gasteiger partial charge in [0.05, 0.1) is 7.11 Å². The summed E-state index contributed by atoms with van der Waals surface area (Å²) in [5.74, 6) is 0.258. The van der Waals surface area contributed by atoms with Crippen LogP contribution in [0.1, 0.15) is 22.5 Å². The Hall–Kier alpha value is -2.40. The molecular formula is C18H23N3O2. The van der Waals surface area contributed by atoms with E-state index >= 15 is 0 Å². The molecule has 0 fully saturated rings. The van der Waals surface area contributed by atoms with E-state index in [4.69, 9.17) is 4.74 Å². The van der Waals surface area contributed by atoms with Crippen LogP contribution in [0, 0.1) is 0 Å². The molecule has 0 saturated heterocycles. The summed E-state index contributed by atoms with van der Waals surface area (Å²) in [6, 6.07) is 15.8. The number of nitrogens with zero attached hydrogens (tertiary/aromatic N) is 1. The summed E-state index contributed by atoms with van der Waals surface area (Å²) in [6.45, 7) is 0.593. The van der Waals surface area contributed by atoms with E-state index in [1.807, 2.05) is 25.2 Å². The van der Waals surface area contributed by atoms with E-state index in [1.165, 1.54) is 12.7 Å². The molecule has 0 radical (unpaired) electrons. The van der Waals surface area contributed by atoms with E-state index in [0.29, 0.717) is 24.2 Å². The van der Waals surface area contributed by atoms with Crippen molar-refractivity contribution in [1.29, 1.82) is 0 Å². The third-order valence-electron chi connectivity index (χ3n) is 3.68. The molecule has 5 heteroatoms. The SMILES string of the molecule is CN[C@H](CCNC(=O)c1cccc(OC)n1)Cc1ccccc1. The number of hydrogen-bond donors (Lipinski definition) is 2. The largest absolute Gasteiger partial charge is 0.481 e. The summed E-state index contributed by atoms with van der Waals surface area (Å²) in [6.07, 6.45) is 1.78. The van der Waals surface area contributed by atoms with Crippen molar-refractivity contribution in [1.82, 2.24) is 15.6 Å². The van der Waals surface area contributed by atoms with Crippen LogP contribution in [0.3, 0.4) is 0 Å². The van der Waals surface area contributed by atoms with E-state index in [9.17, 15) is 4.79 Å². The standard InChI is InChI=1S/C18H23N3O2/c1-19-15(13-14-7-4-3-5-8-14)11-12-20-18(22)16-9-6-10-17(21-16)23-2/h3-10,15,19H,11-13H2,1-2H3,(H,20,22)/t15-/m1/s1. The van der Waals surface area contributed by atoms with Gasteiger partial charge in [-0.2, -0.15) is 0 Å². The zero-order valence-corrected chi connectivity index (χ0v) is 13.6. The number of carbonyl (C=O) groups is 1. The number of ether oxygens (including phenoxy) is 1. The van der Waals surface area contributed by atoms with Gasteiger partial charge in [-0.25, -0.2) is 4.98 Å². The average molecular weight is 313 g/mol. The lowest BCUT2D eigenvalue weighted by atomic mass is 10.0. The third-order valence-corrected chi connectivity index (χ3v) is 3.68. The zero-order chi connectivity index (χ0) is 16.5. The highest BCUT2D eigenvalue weighted by Gasteiger charge is 2.10. The Morgan fingerprint density at radius 3 is 2.65 bits per heavy atom. The maximum absolute atomic E-state index is 12.1. The molecule has 5 nitrogen and oxygen atoms in total. The molecule has 2 N–H and O–H groups in total. The second kappa shape index (κ2) is 8.90. The average Bonchev–Trinajstić information content (AvgIpc) is 2.61. The summed E-state index contributed by atoms with van der Waals surface area (Å²) in [7, 11) is 3.48. The molecule has 0 aliphatic rings. The molecule has 23 heavy (non-hydrogen) atoms. The van der Waals surface area contributed by atoms with Gasteiger partial charge in [-0.15, -0.1) is 0 Å². The van der Waals surface area contributed by atoms with Gasteiger partial charge in [0.1, 0.15) is 5.69 Å². The quantitative estimate of drug-likeness (QED) is 0.783. The second-order valence-electron chi connectivity index (χ2n) is 5.29. The predicted octanol–water partition coefficient (Wildman–Crippen LogP) is 2.04. The van der Waals surface area contributed by atoms with Crippen molar-refractivity contribution < 1.29 is 9.53 Å². The van der Waals surface area contributed by atoms with Gasteiger partial charge in [-0.1, -0.05) is 36.4 Å². The number of nitrogens with one attached hydrogen (secondary N) is 2. The van der Waals surface area contributed by atoms with Crippen LogP contribution < -0.4 is 15.4 Å². The molecule has 0 spiro atoms. The second-order valence-corrected chi connectivity index (χ2v) is 5.29. The summed E-state index contributed by atoms with van der Waals surface area (Å²) in [4.78, 5) is 16.2. The molecule has 2 rings (SSSR count). The van der Waals surface area contributed by atoms with Gasteiger partial charge < -0.3 is 15.4 Å². The summed E-state index contributed by atoms with van der Waals surface area (Å²) in [5, 5.41) is 6.20. The third kappa shape index (κ3) is 5.38. The highest BCUT2D eigenvalue weighted by Crippen LogP contribution is 2.07. The van der Waals surface area contributed by atoms with Gasteiger partial charge in [0.25, 0.3) is 5.91 Å². The Morgan fingerprint density at radius 2 is 1.96 bits per heavy atom. The van der Waals surface area contributed by atoms with Crippen LogP contribution in [0.15, 0.2) is 48.5 Å². The number of aromatic nitrogens is 1. The van der Waals surface area contributed by atoms with Crippen LogP contribution >= 0.6 is 0 Å². The molecule has 0 aliphatic heterocycles. The molecule has 0 bridgehead atoms. The fourth-order valence-electron chi connectivity index (χ4n) is 2.35. The molecule has 0 unspecified atom stereocenters. The fraction of sp³-hybridized carbons (Fsp3) is 0.333. The minimum absolute atomic E-state index is 0.182. The van der Waals surface area contributed by atoms with Gasteiger partial charge in [0, 0.05) is 18.7 Å². The van der Waals surface area contributed by atoms with Crippen molar-refractivity contribution in [2.24, 2.45) is 0 Å². The Kier molecular flexibility index (Phi) is 6.56. The first-order chi connectivity index (χ1) is 11.2. The number of likely N-dealkylation sites (N-methyl/N-ethyl adjacent to an activating group) is 1. The highest BCUT2D eigenvalue weighted by atomic mass is 16.5. The summed E-state index contributed by atoms with van der Waals surface area (Å²) >= 11 is 0. The summed E-state index contributed by atoms with van der Waals surface area (Å²) < 4.78 is 5.03. The molecule has 122 valence electrons. The van der Waals surface area contributed by atoms with Gasteiger partial charge in [-0.05, 0) is 31.5 Å². The van der Waals surface area contributed by atoms with Crippen molar-refractivity contribution in [3.63, 3.8) is 0 Å². The fourth-order valence-corrected chi connectivity index (χ4v) is 2.35. The van der Waals surface area contributed by atoms with Crippen LogP contribution in [-0.4, -0.2) is 37.6 Å². The first kappa shape index (κ1) is 17.0. The van der Waals surface area contributed by atoms with Crippen molar-refractivity contribution in [2.45, 2.75) is 18.9 Å². The first-order valence-electron chi connectivity index (χ1n) is 7.73. The topological polar surface area (TPSA) is 63.2 Å². The van der Waals surface area contributed by atoms with E-state index in [-0.39, 0.29) is 5.91 Å².